The van der Waals surface area contributed by atoms with E-state index < -0.39 is 94.0 Å². The van der Waals surface area contributed by atoms with Gasteiger partial charge >= 0.3 is 17.9 Å². The van der Waals surface area contributed by atoms with Crippen LogP contribution in [-0.4, -0.2) is 86.3 Å². The van der Waals surface area contributed by atoms with Gasteiger partial charge in [-0.25, -0.2) is 9.59 Å². The largest absolute Gasteiger partial charge is 0.456 e. The summed E-state index contributed by atoms with van der Waals surface area (Å²) in [5, 5.41) is 46.1. The fourth-order valence-electron chi connectivity index (χ4n) is 8.27. The first-order chi connectivity index (χ1) is 14.3. The Kier molecular flexibility index (Phi) is 3.15. The summed E-state index contributed by atoms with van der Waals surface area (Å²) in [5.74, 6) is -5.22. The molecule has 0 amide bonds. The molecule has 6 aliphatic rings. The van der Waals surface area contributed by atoms with Gasteiger partial charge in [0.15, 0.2) is 17.8 Å². The van der Waals surface area contributed by atoms with Crippen molar-refractivity contribution in [2.24, 2.45) is 28.1 Å². The van der Waals surface area contributed by atoms with Gasteiger partial charge < -0.3 is 39.4 Å². The Hall–Kier alpha value is -1.79. The molecule has 4 N–H and O–H groups in total. The lowest BCUT2D eigenvalue weighted by atomic mass is 9.51. The normalized spacial score (nSPS) is 61.0. The van der Waals surface area contributed by atoms with Crippen molar-refractivity contribution in [1.29, 1.82) is 0 Å². The highest BCUT2D eigenvalue weighted by Gasteiger charge is 3.05. The first kappa shape index (κ1) is 19.9. The lowest BCUT2D eigenvalue weighted by Crippen LogP contribution is -2.67. The van der Waals surface area contributed by atoms with Gasteiger partial charge in [-0.05, 0) is 12.3 Å². The predicted octanol–water partition coefficient (Wildman–Crippen LogP) is -2.40. The minimum absolute atomic E-state index is 0.792. The SMILES string of the molecule is C[C@@H]1C(=O)O[C@H]2[C@@H](O)C34[C@@H]5OC(=O)[C@]3(OC3OC(=O)[C@H](O)C34[C@H](C(C)(C)C)[C@@H]5O)[C@@]12O. The Balaban J connectivity index is 1.75. The molecule has 2 spiro atoms. The van der Waals surface area contributed by atoms with E-state index in [1.807, 2.05) is 0 Å². The van der Waals surface area contributed by atoms with E-state index in [1.165, 1.54) is 6.92 Å². The van der Waals surface area contributed by atoms with Gasteiger partial charge in [-0.3, -0.25) is 4.79 Å². The first-order valence-electron chi connectivity index (χ1n) is 10.3. The summed E-state index contributed by atoms with van der Waals surface area (Å²) in [6, 6.07) is 0. The quantitative estimate of drug-likeness (QED) is 0.234. The zero-order valence-corrected chi connectivity index (χ0v) is 17.3. The van der Waals surface area contributed by atoms with Crippen LogP contribution < -0.4 is 0 Å². The summed E-state index contributed by atoms with van der Waals surface area (Å²) in [4.78, 5) is 38.3. The van der Waals surface area contributed by atoms with Crippen molar-refractivity contribution in [2.45, 2.75) is 75.7 Å². The molecule has 2 aliphatic carbocycles. The zero-order chi connectivity index (χ0) is 22.7. The Bertz CT molecular complexity index is 957. The molecule has 4 heterocycles. The fourth-order valence-corrected chi connectivity index (χ4v) is 8.27. The number of hydrogen-bond donors (Lipinski definition) is 4. The van der Waals surface area contributed by atoms with E-state index in [9.17, 15) is 34.8 Å². The molecule has 4 saturated heterocycles. The second-order valence-corrected chi connectivity index (χ2v) is 10.8. The number of hydrogen-bond acceptors (Lipinski definition) is 11. The van der Waals surface area contributed by atoms with Crippen LogP contribution in [0.4, 0.5) is 0 Å². The van der Waals surface area contributed by atoms with Gasteiger partial charge in [0.2, 0.25) is 11.9 Å². The molecule has 0 aromatic carbocycles. The van der Waals surface area contributed by atoms with E-state index in [4.69, 9.17) is 18.9 Å². The van der Waals surface area contributed by atoms with E-state index in [0.29, 0.717) is 0 Å². The summed E-state index contributed by atoms with van der Waals surface area (Å²) in [6.45, 7) is 6.63. The minimum atomic E-state index is -2.40. The monoisotopic (exact) mass is 440 g/mol. The van der Waals surface area contributed by atoms with Crippen molar-refractivity contribution in [3.63, 3.8) is 0 Å². The second-order valence-electron chi connectivity index (χ2n) is 10.8. The number of fused-ring (bicyclic) bond motifs is 1. The highest BCUT2D eigenvalue weighted by Crippen LogP contribution is 2.84. The van der Waals surface area contributed by atoms with E-state index >= 15 is 0 Å². The zero-order valence-electron chi connectivity index (χ0n) is 17.3. The maximum atomic E-state index is 13.4. The summed E-state index contributed by atoms with van der Waals surface area (Å²) in [5.41, 5.74) is -9.40. The highest BCUT2D eigenvalue weighted by atomic mass is 16.8. The number of aliphatic hydroxyl groups is 4. The van der Waals surface area contributed by atoms with Gasteiger partial charge in [0, 0.05) is 5.92 Å². The molecule has 6 fully saturated rings. The minimum Gasteiger partial charge on any atom is -0.456 e. The molecule has 3 unspecified atom stereocenters. The highest BCUT2D eigenvalue weighted by molar-refractivity contribution is 5.94. The van der Waals surface area contributed by atoms with Crippen LogP contribution in [0.2, 0.25) is 0 Å². The Labute approximate surface area is 176 Å². The molecule has 0 bridgehead atoms. The van der Waals surface area contributed by atoms with Crippen LogP contribution in [0.1, 0.15) is 27.7 Å². The lowest BCUT2D eigenvalue weighted by Gasteiger charge is -2.47. The maximum absolute atomic E-state index is 13.4. The number of esters is 3. The van der Waals surface area contributed by atoms with Crippen LogP contribution in [0.15, 0.2) is 0 Å². The van der Waals surface area contributed by atoms with Crippen LogP contribution in [0.3, 0.4) is 0 Å². The van der Waals surface area contributed by atoms with Crippen LogP contribution >= 0.6 is 0 Å². The first-order valence-corrected chi connectivity index (χ1v) is 10.3. The molecule has 0 aromatic heterocycles. The fraction of sp³-hybridized carbons (Fsp3) is 0.850. The molecule has 11 nitrogen and oxygen atoms in total. The van der Waals surface area contributed by atoms with Crippen molar-refractivity contribution in [3.8, 4) is 0 Å². The van der Waals surface area contributed by atoms with Crippen LogP contribution in [0.5, 0.6) is 0 Å². The molecule has 4 aliphatic heterocycles. The number of rotatable bonds is 0. The summed E-state index contributed by atoms with van der Waals surface area (Å²) in [6.07, 6.45) is -9.69. The van der Waals surface area contributed by atoms with E-state index in [2.05, 4.69) is 0 Å². The molecule has 170 valence electrons. The third kappa shape index (κ3) is 1.43. The van der Waals surface area contributed by atoms with E-state index in [1.54, 1.807) is 20.8 Å². The van der Waals surface area contributed by atoms with Crippen LogP contribution in [-0.2, 0) is 33.3 Å². The molecular weight excluding hydrogens is 416 g/mol. The van der Waals surface area contributed by atoms with Crippen molar-refractivity contribution < 1.29 is 53.8 Å². The Morgan fingerprint density at radius 3 is 2.19 bits per heavy atom. The lowest BCUT2D eigenvalue weighted by molar-refractivity contribution is -0.240. The Morgan fingerprint density at radius 1 is 0.935 bits per heavy atom. The molecule has 11 heteroatoms. The average Bonchev–Trinajstić information content (AvgIpc) is 3.35. The summed E-state index contributed by atoms with van der Waals surface area (Å²) >= 11 is 0. The van der Waals surface area contributed by atoms with Gasteiger partial charge in [0.25, 0.3) is 0 Å². The van der Waals surface area contributed by atoms with Gasteiger partial charge in [-0.1, -0.05) is 20.8 Å². The molecule has 6 rings (SSSR count). The number of aliphatic hydroxyl groups excluding tert-OH is 3. The van der Waals surface area contributed by atoms with Gasteiger partial charge in [-0.2, -0.15) is 0 Å². The average molecular weight is 440 g/mol. The standard InChI is InChI=1S/C20H24O11/c1-5-12(24)28-11-8(22)18-10-6(21)7(16(2,3)4)17(18)9(23)13(25)30-15(17)31-20(18,14(26)29-10)19(5,11)27/h5-11,15,21-23,27H,1-4H3/t5-,6+,7+,8-,9+,10-,11+,15?,17?,18?,19-,20-/m1/s1. The molecule has 12 atom stereocenters. The van der Waals surface area contributed by atoms with Crippen molar-refractivity contribution >= 4 is 17.9 Å². The smallest absolute Gasteiger partial charge is 0.343 e. The number of carbonyl (C=O) groups excluding carboxylic acids is 3. The molecule has 0 radical (unpaired) electrons. The van der Waals surface area contributed by atoms with Gasteiger partial charge in [-0.15, -0.1) is 0 Å². The molecular formula is C20H24O11. The second kappa shape index (κ2) is 4.91. The maximum Gasteiger partial charge on any atom is 0.343 e. The Morgan fingerprint density at radius 2 is 1.58 bits per heavy atom. The molecule has 2 saturated carbocycles. The van der Waals surface area contributed by atoms with Gasteiger partial charge in [0.05, 0.1) is 22.9 Å². The predicted molar refractivity (Wildman–Crippen MR) is 93.4 cm³/mol. The molecule has 31 heavy (non-hydrogen) atoms. The third-order valence-corrected chi connectivity index (χ3v) is 8.95. The van der Waals surface area contributed by atoms with Crippen molar-refractivity contribution in [1.82, 2.24) is 0 Å². The number of ether oxygens (including phenoxy) is 4. The third-order valence-electron chi connectivity index (χ3n) is 8.95. The summed E-state index contributed by atoms with van der Waals surface area (Å²) < 4.78 is 22.2. The van der Waals surface area contributed by atoms with Crippen LogP contribution in [0, 0.1) is 28.1 Å². The van der Waals surface area contributed by atoms with E-state index in [-0.39, 0.29) is 0 Å². The van der Waals surface area contributed by atoms with Crippen LogP contribution in [0.25, 0.3) is 0 Å². The summed E-state index contributed by atoms with van der Waals surface area (Å²) in [7, 11) is 0. The topological polar surface area (TPSA) is 169 Å². The van der Waals surface area contributed by atoms with Crippen molar-refractivity contribution in [2.75, 3.05) is 0 Å². The van der Waals surface area contributed by atoms with Crippen molar-refractivity contribution in [3.05, 3.63) is 0 Å². The molecule has 0 aromatic rings. The number of carbonyl (C=O) groups is 3. The van der Waals surface area contributed by atoms with E-state index in [0.717, 1.165) is 0 Å². The van der Waals surface area contributed by atoms with Gasteiger partial charge in [0.1, 0.15) is 12.2 Å².